The average Bonchev–Trinajstić information content (AvgIpc) is 2.46. The second-order valence-corrected chi connectivity index (χ2v) is 6.62. The Morgan fingerprint density at radius 3 is 2.50 bits per heavy atom. The van der Waals surface area contributed by atoms with E-state index in [1.54, 1.807) is 25.1 Å². The molecule has 2 aromatic carbocycles. The van der Waals surface area contributed by atoms with Gasteiger partial charge in [0.1, 0.15) is 0 Å². The van der Waals surface area contributed by atoms with E-state index in [4.69, 9.17) is 11.6 Å². The zero-order chi connectivity index (χ0) is 16.3. The van der Waals surface area contributed by atoms with Crippen LogP contribution in [0.2, 0.25) is 5.02 Å². The molecule has 0 saturated heterocycles. The number of methoxy groups -OCH3 is 1. The number of sulfonamides is 1. The van der Waals surface area contributed by atoms with E-state index in [1.807, 2.05) is 0 Å². The fourth-order valence-electron chi connectivity index (χ4n) is 2.00. The van der Waals surface area contributed by atoms with Gasteiger partial charge in [-0.3, -0.25) is 4.72 Å². The third-order valence-electron chi connectivity index (χ3n) is 3.06. The summed E-state index contributed by atoms with van der Waals surface area (Å²) in [6.07, 6.45) is 0. The third-order valence-corrected chi connectivity index (χ3v) is 4.82. The predicted octanol–water partition coefficient (Wildman–Crippen LogP) is 3.24. The van der Waals surface area contributed by atoms with Gasteiger partial charge in [-0.1, -0.05) is 23.7 Å². The minimum absolute atomic E-state index is 0.00961. The molecule has 0 fully saturated rings. The van der Waals surface area contributed by atoms with Crippen LogP contribution in [0.3, 0.4) is 0 Å². The zero-order valence-electron chi connectivity index (χ0n) is 12.0. The maximum atomic E-state index is 12.5. The van der Waals surface area contributed by atoms with Crippen molar-refractivity contribution in [3.63, 3.8) is 0 Å². The highest BCUT2D eigenvalue weighted by molar-refractivity contribution is 7.92. The molecule has 2 rings (SSSR count). The molecule has 116 valence electrons. The highest BCUT2D eigenvalue weighted by Gasteiger charge is 2.21. The molecule has 0 spiro atoms. The molecule has 1 N–H and O–H groups in total. The Balaban J connectivity index is 2.44. The summed E-state index contributed by atoms with van der Waals surface area (Å²) in [4.78, 5) is 11.7. The van der Waals surface area contributed by atoms with E-state index >= 15 is 0 Å². The number of benzene rings is 2. The third kappa shape index (κ3) is 3.40. The number of carbonyl (C=O) groups excluding carboxylic acids is 1. The van der Waals surface area contributed by atoms with Gasteiger partial charge in [0.2, 0.25) is 0 Å². The van der Waals surface area contributed by atoms with E-state index in [0.29, 0.717) is 16.3 Å². The normalized spacial score (nSPS) is 11.0. The first kappa shape index (κ1) is 16.3. The second-order valence-electron chi connectivity index (χ2n) is 4.54. The quantitative estimate of drug-likeness (QED) is 0.868. The van der Waals surface area contributed by atoms with Crippen LogP contribution in [-0.2, 0) is 14.8 Å². The van der Waals surface area contributed by atoms with E-state index < -0.39 is 16.0 Å². The molecule has 0 aliphatic rings. The number of nitrogens with one attached hydrogen (secondary N) is 1. The molecule has 7 heteroatoms. The van der Waals surface area contributed by atoms with E-state index in [1.165, 1.54) is 31.4 Å². The van der Waals surface area contributed by atoms with Gasteiger partial charge in [0, 0.05) is 5.02 Å². The molecule has 0 amide bonds. The van der Waals surface area contributed by atoms with Crippen molar-refractivity contribution in [1.29, 1.82) is 0 Å². The van der Waals surface area contributed by atoms with Crippen molar-refractivity contribution in [2.45, 2.75) is 11.8 Å². The Bertz CT molecular complexity index is 818. The van der Waals surface area contributed by atoms with Crippen molar-refractivity contribution >= 4 is 33.3 Å². The molecule has 0 saturated carbocycles. The number of hydrogen-bond acceptors (Lipinski definition) is 4. The lowest BCUT2D eigenvalue weighted by Crippen LogP contribution is -2.16. The second kappa shape index (κ2) is 6.37. The number of anilines is 1. The van der Waals surface area contributed by atoms with Crippen molar-refractivity contribution in [2.24, 2.45) is 0 Å². The Morgan fingerprint density at radius 2 is 1.86 bits per heavy atom. The first-order valence-electron chi connectivity index (χ1n) is 6.31. The summed E-state index contributed by atoms with van der Waals surface area (Å²) in [6, 6.07) is 10.8. The maximum Gasteiger partial charge on any atom is 0.338 e. The van der Waals surface area contributed by atoms with Crippen molar-refractivity contribution < 1.29 is 17.9 Å². The van der Waals surface area contributed by atoms with E-state index in [-0.39, 0.29) is 10.5 Å². The highest BCUT2D eigenvalue weighted by Crippen LogP contribution is 2.23. The van der Waals surface area contributed by atoms with E-state index in [0.717, 1.165) is 0 Å². The molecule has 0 aromatic heterocycles. The van der Waals surface area contributed by atoms with Gasteiger partial charge in [0.25, 0.3) is 10.0 Å². The summed E-state index contributed by atoms with van der Waals surface area (Å²) in [5.74, 6) is -0.586. The summed E-state index contributed by atoms with van der Waals surface area (Å²) >= 11 is 5.84. The highest BCUT2D eigenvalue weighted by atomic mass is 35.5. The van der Waals surface area contributed by atoms with Crippen LogP contribution in [0.4, 0.5) is 5.69 Å². The minimum atomic E-state index is -3.84. The molecule has 0 aliphatic heterocycles. The fraction of sp³-hybridized carbons (Fsp3) is 0.133. The number of carbonyl (C=O) groups is 1. The number of hydrogen-bond donors (Lipinski definition) is 1. The SMILES string of the molecule is COC(=O)c1cccc(S(=O)(=O)Nc2cccc(Cl)c2)c1C. The van der Waals surface area contributed by atoms with Gasteiger partial charge in [-0.05, 0) is 42.8 Å². The smallest absolute Gasteiger partial charge is 0.338 e. The van der Waals surface area contributed by atoms with Crippen molar-refractivity contribution in [3.05, 3.63) is 58.6 Å². The molecule has 0 radical (unpaired) electrons. The number of rotatable bonds is 4. The van der Waals surface area contributed by atoms with Crippen LogP contribution in [0, 0.1) is 6.92 Å². The van der Waals surface area contributed by atoms with Gasteiger partial charge in [-0.25, -0.2) is 13.2 Å². The standard InChI is InChI=1S/C15H14ClNO4S/c1-10-13(15(18)21-2)7-4-8-14(10)22(19,20)17-12-6-3-5-11(16)9-12/h3-9,17H,1-2H3. The number of esters is 1. The lowest BCUT2D eigenvalue weighted by molar-refractivity contribution is 0.0599. The van der Waals surface area contributed by atoms with Gasteiger partial charge in [0.15, 0.2) is 0 Å². The van der Waals surface area contributed by atoms with E-state index in [9.17, 15) is 13.2 Å². The van der Waals surface area contributed by atoms with Crippen LogP contribution < -0.4 is 4.72 Å². The topological polar surface area (TPSA) is 72.5 Å². The first-order chi connectivity index (χ1) is 10.3. The van der Waals surface area contributed by atoms with Crippen LogP contribution in [0.1, 0.15) is 15.9 Å². The molecule has 5 nitrogen and oxygen atoms in total. The number of halogens is 1. The lowest BCUT2D eigenvalue weighted by atomic mass is 10.1. The first-order valence-corrected chi connectivity index (χ1v) is 8.17. The molecule has 0 heterocycles. The molecule has 0 unspecified atom stereocenters. The minimum Gasteiger partial charge on any atom is -0.465 e. The molecule has 22 heavy (non-hydrogen) atoms. The molecule has 2 aromatic rings. The van der Waals surface area contributed by atoms with Gasteiger partial charge in [-0.2, -0.15) is 0 Å². The van der Waals surface area contributed by atoms with Gasteiger partial charge in [-0.15, -0.1) is 0 Å². The Labute approximate surface area is 133 Å². The average molecular weight is 340 g/mol. The van der Waals surface area contributed by atoms with Crippen LogP contribution in [-0.4, -0.2) is 21.5 Å². The van der Waals surface area contributed by atoms with Crippen LogP contribution in [0.15, 0.2) is 47.4 Å². The Hall–Kier alpha value is -2.05. The van der Waals surface area contributed by atoms with Crippen LogP contribution >= 0.6 is 11.6 Å². The Kier molecular flexibility index (Phi) is 4.73. The summed E-state index contributed by atoms with van der Waals surface area (Å²) in [6.45, 7) is 1.55. The largest absolute Gasteiger partial charge is 0.465 e. The Morgan fingerprint density at radius 1 is 1.18 bits per heavy atom. The molecule has 0 atom stereocenters. The van der Waals surface area contributed by atoms with Crippen molar-refractivity contribution in [2.75, 3.05) is 11.8 Å². The van der Waals surface area contributed by atoms with Crippen molar-refractivity contribution in [1.82, 2.24) is 0 Å². The summed E-state index contributed by atoms with van der Waals surface area (Å²) in [5, 5.41) is 0.417. The lowest BCUT2D eigenvalue weighted by Gasteiger charge is -2.12. The predicted molar refractivity (Wildman–Crippen MR) is 84.8 cm³/mol. The van der Waals surface area contributed by atoms with Crippen LogP contribution in [0.5, 0.6) is 0 Å². The zero-order valence-corrected chi connectivity index (χ0v) is 13.5. The summed E-state index contributed by atoms with van der Waals surface area (Å²) in [7, 11) is -2.60. The summed E-state index contributed by atoms with van der Waals surface area (Å²) in [5.41, 5.74) is 0.871. The summed E-state index contributed by atoms with van der Waals surface area (Å²) < 4.78 is 32.1. The van der Waals surface area contributed by atoms with Gasteiger partial charge < -0.3 is 4.74 Å². The molecule has 0 bridgehead atoms. The monoisotopic (exact) mass is 339 g/mol. The van der Waals surface area contributed by atoms with Gasteiger partial charge in [0.05, 0.1) is 23.3 Å². The molecule has 0 aliphatic carbocycles. The maximum absolute atomic E-state index is 12.5. The van der Waals surface area contributed by atoms with Crippen molar-refractivity contribution in [3.8, 4) is 0 Å². The molecular formula is C15H14ClNO4S. The fourth-order valence-corrected chi connectivity index (χ4v) is 3.51. The van der Waals surface area contributed by atoms with E-state index in [2.05, 4.69) is 9.46 Å². The number of ether oxygens (including phenoxy) is 1. The van der Waals surface area contributed by atoms with Crippen LogP contribution in [0.25, 0.3) is 0 Å². The molecular weight excluding hydrogens is 326 g/mol. The van der Waals surface area contributed by atoms with Gasteiger partial charge >= 0.3 is 5.97 Å².